The highest BCUT2D eigenvalue weighted by molar-refractivity contribution is 9.10. The Kier molecular flexibility index (Phi) is 4.31. The van der Waals surface area contributed by atoms with Crippen LogP contribution in [-0.2, 0) is 6.54 Å². The molecular weight excluding hydrogens is 363 g/mol. The molecule has 1 heterocycles. The number of nitrogens with one attached hydrogen (secondary N) is 1. The number of rotatable bonds is 5. The van der Waals surface area contributed by atoms with E-state index >= 15 is 0 Å². The van der Waals surface area contributed by atoms with Gasteiger partial charge in [-0.15, -0.1) is 5.10 Å². The zero-order chi connectivity index (χ0) is 14.1. The molecule has 0 radical (unpaired) electrons. The van der Waals surface area contributed by atoms with E-state index in [0.29, 0.717) is 10.0 Å². The Morgan fingerprint density at radius 2 is 2.10 bits per heavy atom. The van der Waals surface area contributed by atoms with E-state index in [4.69, 9.17) is 23.2 Å². The number of halogens is 3. The normalized spacial score (nSPS) is 14.8. The summed E-state index contributed by atoms with van der Waals surface area (Å²) in [6.07, 6.45) is 4.55. The average Bonchev–Trinajstić information content (AvgIpc) is 3.14. The lowest BCUT2D eigenvalue weighted by Crippen LogP contribution is -2.16. The molecule has 1 aliphatic rings. The molecule has 0 aliphatic heterocycles. The van der Waals surface area contributed by atoms with Crippen molar-refractivity contribution < 1.29 is 0 Å². The summed E-state index contributed by atoms with van der Waals surface area (Å²) in [5.74, 6) is 0.852. The zero-order valence-corrected chi connectivity index (χ0v) is 13.7. The van der Waals surface area contributed by atoms with Crippen molar-refractivity contribution >= 4 is 39.1 Å². The highest BCUT2D eigenvalue weighted by atomic mass is 79.9. The summed E-state index contributed by atoms with van der Waals surface area (Å²) in [5, 5.41) is 12.6. The predicted octanol–water partition coefficient (Wildman–Crippen LogP) is 3.84. The highest BCUT2D eigenvalue weighted by Crippen LogP contribution is 2.34. The van der Waals surface area contributed by atoms with Gasteiger partial charge in [-0.1, -0.05) is 28.4 Å². The largest absolute Gasteiger partial charge is 0.311 e. The van der Waals surface area contributed by atoms with Gasteiger partial charge in [-0.05, 0) is 53.4 Å². The number of hydrogen-bond acceptors (Lipinski definition) is 3. The van der Waals surface area contributed by atoms with E-state index in [1.165, 1.54) is 12.8 Å². The molecule has 7 heteroatoms. The molecule has 20 heavy (non-hydrogen) atoms. The van der Waals surface area contributed by atoms with E-state index in [2.05, 4.69) is 31.6 Å². The van der Waals surface area contributed by atoms with Gasteiger partial charge < -0.3 is 5.32 Å². The maximum absolute atomic E-state index is 6.23. The van der Waals surface area contributed by atoms with E-state index in [1.54, 1.807) is 4.68 Å². The van der Waals surface area contributed by atoms with Crippen LogP contribution in [0.25, 0.3) is 5.69 Å². The Bertz CT molecular complexity index is 625. The molecule has 0 amide bonds. The molecule has 1 aromatic heterocycles. The Morgan fingerprint density at radius 1 is 1.30 bits per heavy atom. The van der Waals surface area contributed by atoms with E-state index in [0.717, 1.165) is 34.9 Å². The van der Waals surface area contributed by atoms with Crippen LogP contribution in [0.4, 0.5) is 0 Å². The minimum atomic E-state index is 0.462. The Morgan fingerprint density at radius 3 is 2.85 bits per heavy atom. The van der Waals surface area contributed by atoms with Gasteiger partial charge in [0.2, 0.25) is 0 Å². The molecule has 0 saturated heterocycles. The maximum Gasteiger partial charge on any atom is 0.0969 e. The van der Waals surface area contributed by atoms with Crippen molar-refractivity contribution in [2.24, 2.45) is 5.92 Å². The fourth-order valence-corrected chi connectivity index (χ4v) is 2.77. The molecule has 0 bridgehead atoms. The number of hydrogen-bond donors (Lipinski definition) is 1. The van der Waals surface area contributed by atoms with Gasteiger partial charge in [0.1, 0.15) is 0 Å². The van der Waals surface area contributed by atoms with Crippen molar-refractivity contribution in [2.75, 3.05) is 6.54 Å². The first-order chi connectivity index (χ1) is 9.65. The van der Waals surface area contributed by atoms with E-state index in [-0.39, 0.29) is 0 Å². The van der Waals surface area contributed by atoms with Crippen molar-refractivity contribution in [2.45, 2.75) is 19.4 Å². The summed E-state index contributed by atoms with van der Waals surface area (Å²) in [6.45, 7) is 1.77. The molecule has 2 aromatic rings. The van der Waals surface area contributed by atoms with Gasteiger partial charge in [0.15, 0.2) is 0 Å². The minimum Gasteiger partial charge on any atom is -0.311 e. The Labute approximate surface area is 135 Å². The third kappa shape index (κ3) is 3.17. The molecule has 0 atom stereocenters. The zero-order valence-electron chi connectivity index (χ0n) is 10.6. The molecule has 0 spiro atoms. The summed E-state index contributed by atoms with van der Waals surface area (Å²) >= 11 is 15.7. The summed E-state index contributed by atoms with van der Waals surface area (Å²) in [6, 6.07) is 3.70. The van der Waals surface area contributed by atoms with Crippen LogP contribution in [0.3, 0.4) is 0 Å². The van der Waals surface area contributed by atoms with Gasteiger partial charge in [-0.3, -0.25) is 0 Å². The highest BCUT2D eigenvalue weighted by Gasteiger charge is 2.20. The molecule has 1 aliphatic carbocycles. The Balaban J connectivity index is 1.73. The van der Waals surface area contributed by atoms with Gasteiger partial charge >= 0.3 is 0 Å². The third-order valence-corrected chi connectivity index (χ3v) is 5.00. The lowest BCUT2D eigenvalue weighted by atomic mass is 10.3. The van der Waals surface area contributed by atoms with Crippen LogP contribution < -0.4 is 5.32 Å². The lowest BCUT2D eigenvalue weighted by Gasteiger charge is -2.06. The first-order valence-electron chi connectivity index (χ1n) is 6.41. The van der Waals surface area contributed by atoms with Crippen LogP contribution in [0, 0.1) is 5.92 Å². The monoisotopic (exact) mass is 374 g/mol. The van der Waals surface area contributed by atoms with Gasteiger partial charge in [0, 0.05) is 11.0 Å². The summed E-state index contributed by atoms with van der Waals surface area (Å²) in [4.78, 5) is 0. The first-order valence-corrected chi connectivity index (χ1v) is 7.96. The predicted molar refractivity (Wildman–Crippen MR) is 83.5 cm³/mol. The molecular formula is C13H13BrCl2N4. The van der Waals surface area contributed by atoms with Gasteiger partial charge in [-0.2, -0.15) is 0 Å². The SMILES string of the molecule is Clc1c(Br)ccc(-n2cc(CNCC3CC3)nn2)c1Cl. The number of benzene rings is 1. The van der Waals surface area contributed by atoms with E-state index in [9.17, 15) is 0 Å². The van der Waals surface area contributed by atoms with Crippen molar-refractivity contribution in [1.82, 2.24) is 20.3 Å². The fraction of sp³-hybridized carbons (Fsp3) is 0.385. The minimum absolute atomic E-state index is 0.462. The number of aromatic nitrogens is 3. The van der Waals surface area contributed by atoms with E-state index in [1.807, 2.05) is 18.3 Å². The molecule has 4 nitrogen and oxygen atoms in total. The fourth-order valence-electron chi connectivity index (χ4n) is 1.92. The van der Waals surface area contributed by atoms with Gasteiger partial charge in [-0.25, -0.2) is 4.68 Å². The lowest BCUT2D eigenvalue weighted by molar-refractivity contribution is 0.628. The summed E-state index contributed by atoms with van der Waals surface area (Å²) in [5.41, 5.74) is 1.61. The maximum atomic E-state index is 6.23. The van der Waals surface area contributed by atoms with Crippen molar-refractivity contribution in [3.05, 3.63) is 38.5 Å². The topological polar surface area (TPSA) is 42.7 Å². The standard InChI is InChI=1S/C13H13BrCl2N4/c14-10-3-4-11(13(16)12(10)15)20-7-9(18-19-20)6-17-5-8-1-2-8/h3-4,7-8,17H,1-2,5-6H2. The van der Waals surface area contributed by atoms with Crippen LogP contribution in [0.2, 0.25) is 10.0 Å². The van der Waals surface area contributed by atoms with Crippen LogP contribution >= 0.6 is 39.1 Å². The quantitative estimate of drug-likeness (QED) is 0.807. The van der Waals surface area contributed by atoms with Crippen LogP contribution in [-0.4, -0.2) is 21.5 Å². The average molecular weight is 376 g/mol. The van der Waals surface area contributed by atoms with Crippen LogP contribution in [0.5, 0.6) is 0 Å². The molecule has 3 rings (SSSR count). The molecule has 1 aromatic carbocycles. The van der Waals surface area contributed by atoms with Crippen molar-refractivity contribution in [3.8, 4) is 5.69 Å². The summed E-state index contributed by atoms with van der Waals surface area (Å²) < 4.78 is 2.41. The van der Waals surface area contributed by atoms with Gasteiger partial charge in [0.25, 0.3) is 0 Å². The Hall–Kier alpha value is -0.620. The second-order valence-corrected chi connectivity index (χ2v) is 6.53. The van der Waals surface area contributed by atoms with Crippen molar-refractivity contribution in [1.29, 1.82) is 0 Å². The van der Waals surface area contributed by atoms with Crippen molar-refractivity contribution in [3.63, 3.8) is 0 Å². The second-order valence-electron chi connectivity index (χ2n) is 4.92. The molecule has 0 unspecified atom stereocenters. The smallest absolute Gasteiger partial charge is 0.0969 e. The molecule has 1 fully saturated rings. The van der Waals surface area contributed by atoms with Gasteiger partial charge in [0.05, 0.1) is 27.6 Å². The summed E-state index contributed by atoms with van der Waals surface area (Å²) in [7, 11) is 0. The second kappa shape index (κ2) is 6.02. The molecule has 1 saturated carbocycles. The van der Waals surface area contributed by atoms with E-state index < -0.39 is 0 Å². The molecule has 1 N–H and O–H groups in total. The number of nitrogens with zero attached hydrogens (tertiary/aromatic N) is 3. The molecule has 106 valence electrons. The van der Waals surface area contributed by atoms with Crippen LogP contribution in [0.15, 0.2) is 22.8 Å². The third-order valence-electron chi connectivity index (χ3n) is 3.24. The first kappa shape index (κ1) is 14.3. The van der Waals surface area contributed by atoms with Crippen LogP contribution in [0.1, 0.15) is 18.5 Å².